The molecular weight excluding hydrogens is 200 g/mol. The zero-order chi connectivity index (χ0) is 12.4. The van der Waals surface area contributed by atoms with Crippen LogP contribution in [0.25, 0.3) is 0 Å². The fourth-order valence-electron chi connectivity index (χ4n) is 1.48. The predicted molar refractivity (Wildman–Crippen MR) is 70.9 cm³/mol. The van der Waals surface area contributed by atoms with Gasteiger partial charge in [-0.05, 0) is 32.6 Å². The van der Waals surface area contributed by atoms with Crippen molar-refractivity contribution in [3.8, 4) is 0 Å². The molecule has 2 N–H and O–H groups in total. The number of hydrogen-bond donors (Lipinski definition) is 2. The normalized spacial score (nSPS) is 15.4. The molecule has 0 saturated carbocycles. The molecule has 0 spiro atoms. The summed E-state index contributed by atoms with van der Waals surface area (Å²) in [5.74, 6) is 0.810. The van der Waals surface area contributed by atoms with E-state index in [9.17, 15) is 0 Å². The van der Waals surface area contributed by atoms with Crippen molar-refractivity contribution in [1.82, 2.24) is 10.6 Å². The van der Waals surface area contributed by atoms with E-state index in [2.05, 4.69) is 38.3 Å². The maximum absolute atomic E-state index is 5.16. The number of rotatable bonds is 10. The fourth-order valence-corrected chi connectivity index (χ4v) is 1.48. The van der Waals surface area contributed by atoms with Gasteiger partial charge in [0.1, 0.15) is 0 Å². The molecule has 0 aliphatic heterocycles. The fraction of sp³-hybridized carbons (Fsp3) is 1.00. The maximum Gasteiger partial charge on any atom is 0.0667 e. The van der Waals surface area contributed by atoms with E-state index in [0.29, 0.717) is 12.1 Å². The van der Waals surface area contributed by atoms with Crippen LogP contribution in [0.3, 0.4) is 0 Å². The minimum atomic E-state index is 0.304. The Labute approximate surface area is 101 Å². The van der Waals surface area contributed by atoms with Crippen molar-refractivity contribution in [1.29, 1.82) is 0 Å². The van der Waals surface area contributed by atoms with Crippen LogP contribution in [0.5, 0.6) is 0 Å². The van der Waals surface area contributed by atoms with Crippen LogP contribution < -0.4 is 10.6 Å². The van der Waals surface area contributed by atoms with Crippen molar-refractivity contribution < 1.29 is 4.74 Å². The molecule has 3 heteroatoms. The average Bonchev–Trinajstić information content (AvgIpc) is 2.25. The van der Waals surface area contributed by atoms with Gasteiger partial charge in [-0.15, -0.1) is 0 Å². The van der Waals surface area contributed by atoms with Crippen LogP contribution >= 0.6 is 0 Å². The summed E-state index contributed by atoms with van der Waals surface area (Å²) in [4.78, 5) is 0. The van der Waals surface area contributed by atoms with Gasteiger partial charge in [0.2, 0.25) is 0 Å². The Hall–Kier alpha value is -0.120. The van der Waals surface area contributed by atoms with Crippen LogP contribution in [0.1, 0.15) is 40.5 Å². The van der Waals surface area contributed by atoms with Crippen molar-refractivity contribution in [2.75, 3.05) is 26.7 Å². The monoisotopic (exact) mass is 230 g/mol. The largest absolute Gasteiger partial charge is 0.380 e. The van der Waals surface area contributed by atoms with Crippen molar-refractivity contribution >= 4 is 0 Å². The molecular formula is C13H30N2O. The van der Waals surface area contributed by atoms with Gasteiger partial charge in [0.15, 0.2) is 0 Å². The second-order valence-electron chi connectivity index (χ2n) is 5.08. The van der Waals surface area contributed by atoms with Crippen LogP contribution in [0, 0.1) is 5.92 Å². The smallest absolute Gasteiger partial charge is 0.0667 e. The minimum Gasteiger partial charge on any atom is -0.380 e. The molecule has 98 valence electrons. The van der Waals surface area contributed by atoms with Gasteiger partial charge in [-0.1, -0.05) is 13.8 Å². The first-order chi connectivity index (χ1) is 7.56. The predicted octanol–water partition coefficient (Wildman–Crippen LogP) is 2.03. The van der Waals surface area contributed by atoms with Crippen molar-refractivity contribution in [3.63, 3.8) is 0 Å². The van der Waals surface area contributed by atoms with Gasteiger partial charge in [-0.3, -0.25) is 0 Å². The van der Waals surface area contributed by atoms with Crippen LogP contribution in [0.4, 0.5) is 0 Å². The summed E-state index contributed by atoms with van der Waals surface area (Å²) in [5.41, 5.74) is 0. The number of methoxy groups -OCH3 is 1. The van der Waals surface area contributed by atoms with Crippen LogP contribution in [0.15, 0.2) is 0 Å². The summed E-state index contributed by atoms with van der Waals surface area (Å²) in [6.07, 6.45) is 2.88. The number of hydrogen-bond acceptors (Lipinski definition) is 3. The highest BCUT2D eigenvalue weighted by Gasteiger charge is 2.02. The molecule has 0 aliphatic carbocycles. The van der Waals surface area contributed by atoms with Gasteiger partial charge in [0.05, 0.1) is 6.10 Å². The Bertz CT molecular complexity index is 151. The van der Waals surface area contributed by atoms with E-state index in [-0.39, 0.29) is 0 Å². The molecule has 2 atom stereocenters. The zero-order valence-corrected chi connectivity index (χ0v) is 11.7. The van der Waals surface area contributed by atoms with Crippen molar-refractivity contribution in [2.45, 2.75) is 52.7 Å². The third kappa shape index (κ3) is 10.4. The van der Waals surface area contributed by atoms with E-state index >= 15 is 0 Å². The quantitative estimate of drug-likeness (QED) is 0.563. The molecule has 0 saturated heterocycles. The Balaban J connectivity index is 3.24. The van der Waals surface area contributed by atoms with Crippen molar-refractivity contribution in [3.05, 3.63) is 0 Å². The van der Waals surface area contributed by atoms with Gasteiger partial charge < -0.3 is 15.4 Å². The van der Waals surface area contributed by atoms with Crippen molar-refractivity contribution in [2.24, 2.45) is 5.92 Å². The molecule has 0 aromatic carbocycles. The summed E-state index contributed by atoms with van der Waals surface area (Å²) in [6, 6.07) is 0.629. The van der Waals surface area contributed by atoms with E-state index in [1.54, 1.807) is 7.11 Å². The summed E-state index contributed by atoms with van der Waals surface area (Å²) in [5, 5.41) is 6.90. The molecule has 0 amide bonds. The Morgan fingerprint density at radius 3 is 2.25 bits per heavy atom. The molecule has 0 aliphatic rings. The summed E-state index contributed by atoms with van der Waals surface area (Å²) in [7, 11) is 1.75. The van der Waals surface area contributed by atoms with E-state index in [4.69, 9.17) is 4.74 Å². The first-order valence-corrected chi connectivity index (χ1v) is 6.53. The standard InChI is InChI=1S/C13H30N2O/c1-11(2)6-7-12(3)15-9-8-14-10-13(4)16-5/h11-15H,6-10H2,1-5H3. The van der Waals surface area contributed by atoms with E-state index in [0.717, 1.165) is 25.6 Å². The Kier molecular flexibility index (Phi) is 9.99. The maximum atomic E-state index is 5.16. The molecule has 0 aromatic rings. The summed E-state index contributed by atoms with van der Waals surface area (Å²) >= 11 is 0. The highest BCUT2D eigenvalue weighted by Crippen LogP contribution is 2.05. The minimum absolute atomic E-state index is 0.304. The molecule has 0 fully saturated rings. The third-order valence-corrected chi connectivity index (χ3v) is 2.81. The first kappa shape index (κ1) is 15.9. The van der Waals surface area contributed by atoms with Gasteiger partial charge in [0, 0.05) is 32.8 Å². The Morgan fingerprint density at radius 2 is 1.69 bits per heavy atom. The lowest BCUT2D eigenvalue weighted by Crippen LogP contribution is -2.36. The number of nitrogens with one attached hydrogen (secondary N) is 2. The molecule has 0 heterocycles. The third-order valence-electron chi connectivity index (χ3n) is 2.81. The highest BCUT2D eigenvalue weighted by atomic mass is 16.5. The molecule has 3 nitrogen and oxygen atoms in total. The SMILES string of the molecule is COC(C)CNCCNC(C)CCC(C)C. The van der Waals surface area contributed by atoms with Crippen LogP contribution in [-0.2, 0) is 4.74 Å². The summed E-state index contributed by atoms with van der Waals surface area (Å²) < 4.78 is 5.16. The van der Waals surface area contributed by atoms with Gasteiger partial charge in [-0.2, -0.15) is 0 Å². The van der Waals surface area contributed by atoms with E-state index in [1.807, 2.05) is 0 Å². The molecule has 2 unspecified atom stereocenters. The second-order valence-corrected chi connectivity index (χ2v) is 5.08. The van der Waals surface area contributed by atoms with Crippen LogP contribution in [-0.4, -0.2) is 38.9 Å². The number of ether oxygens (including phenoxy) is 1. The highest BCUT2D eigenvalue weighted by molar-refractivity contribution is 4.63. The second kappa shape index (κ2) is 10.1. The van der Waals surface area contributed by atoms with Gasteiger partial charge in [0.25, 0.3) is 0 Å². The molecule has 16 heavy (non-hydrogen) atoms. The average molecular weight is 230 g/mol. The topological polar surface area (TPSA) is 33.3 Å². The summed E-state index contributed by atoms with van der Waals surface area (Å²) in [6.45, 7) is 11.9. The first-order valence-electron chi connectivity index (χ1n) is 6.53. The molecule has 0 aromatic heterocycles. The molecule has 0 rings (SSSR count). The van der Waals surface area contributed by atoms with Gasteiger partial charge >= 0.3 is 0 Å². The molecule has 0 radical (unpaired) electrons. The lowest BCUT2D eigenvalue weighted by molar-refractivity contribution is 0.117. The van der Waals surface area contributed by atoms with E-state index in [1.165, 1.54) is 12.8 Å². The lowest BCUT2D eigenvalue weighted by Gasteiger charge is -2.16. The zero-order valence-electron chi connectivity index (χ0n) is 11.7. The molecule has 0 bridgehead atoms. The van der Waals surface area contributed by atoms with E-state index < -0.39 is 0 Å². The van der Waals surface area contributed by atoms with Gasteiger partial charge in [-0.25, -0.2) is 0 Å². The lowest BCUT2D eigenvalue weighted by atomic mass is 10.0. The van der Waals surface area contributed by atoms with Crippen LogP contribution in [0.2, 0.25) is 0 Å². The Morgan fingerprint density at radius 1 is 1.00 bits per heavy atom.